The Morgan fingerprint density at radius 1 is 1.44 bits per heavy atom. The number of ketones is 1. The number of carbonyl (C=O) groups excluding carboxylic acids is 1. The monoisotopic (exact) mass is 213 g/mol. The van der Waals surface area contributed by atoms with Crippen LogP contribution in [0.4, 0.5) is 0 Å². The fourth-order valence-electron chi connectivity index (χ4n) is 1.99. The van der Waals surface area contributed by atoms with Gasteiger partial charge >= 0.3 is 0 Å². The Morgan fingerprint density at radius 2 is 2.06 bits per heavy atom. The first-order chi connectivity index (χ1) is 7.70. The number of Topliss-reactive ketones (excluding diaryl/α,β-unsaturated/α-hetero) is 1. The van der Waals surface area contributed by atoms with Crippen LogP contribution in [0.3, 0.4) is 0 Å². The molecular weight excluding hydrogens is 198 g/mol. The molecule has 16 heavy (non-hydrogen) atoms. The molecule has 2 rings (SSSR count). The fourth-order valence-corrected chi connectivity index (χ4v) is 1.99. The van der Waals surface area contributed by atoms with Crippen molar-refractivity contribution in [3.05, 3.63) is 35.4 Å². The highest BCUT2D eigenvalue weighted by molar-refractivity contribution is 5.96. The maximum atomic E-state index is 11.8. The summed E-state index contributed by atoms with van der Waals surface area (Å²) >= 11 is 0. The molecule has 1 aromatic rings. The normalized spacial score (nSPS) is 22.5. The Morgan fingerprint density at radius 3 is 2.56 bits per heavy atom. The second kappa shape index (κ2) is 4.49. The molecule has 2 atom stereocenters. The molecule has 2 unspecified atom stereocenters. The zero-order chi connectivity index (χ0) is 11.5. The summed E-state index contributed by atoms with van der Waals surface area (Å²) < 4.78 is 0. The average Bonchev–Trinajstić information content (AvgIpc) is 3.02. The Hall–Kier alpha value is -1.62. The van der Waals surface area contributed by atoms with Gasteiger partial charge in [-0.05, 0) is 36.8 Å². The van der Waals surface area contributed by atoms with Crippen LogP contribution in [0.1, 0.15) is 42.1 Å². The molecule has 0 spiro atoms. The predicted molar refractivity (Wildman–Crippen MR) is 62.0 cm³/mol. The topological polar surface area (TPSA) is 40.9 Å². The quantitative estimate of drug-likeness (QED) is 0.721. The van der Waals surface area contributed by atoms with Gasteiger partial charge in [0.2, 0.25) is 0 Å². The number of benzene rings is 1. The van der Waals surface area contributed by atoms with Gasteiger partial charge in [0.05, 0.1) is 11.6 Å². The van der Waals surface area contributed by atoms with E-state index in [4.69, 9.17) is 5.26 Å². The van der Waals surface area contributed by atoms with Gasteiger partial charge in [-0.3, -0.25) is 4.79 Å². The van der Waals surface area contributed by atoms with E-state index in [1.807, 2.05) is 6.07 Å². The van der Waals surface area contributed by atoms with E-state index in [9.17, 15) is 4.79 Å². The Balaban J connectivity index is 1.90. The summed E-state index contributed by atoms with van der Waals surface area (Å²) in [5, 5.41) is 8.65. The van der Waals surface area contributed by atoms with E-state index in [1.54, 1.807) is 24.3 Å². The number of hydrogen-bond donors (Lipinski definition) is 0. The molecule has 1 aliphatic rings. The van der Waals surface area contributed by atoms with E-state index in [2.05, 4.69) is 6.92 Å². The lowest BCUT2D eigenvalue weighted by Gasteiger charge is -2.00. The molecular formula is C14H15NO. The molecule has 0 aliphatic heterocycles. The predicted octanol–water partition coefficient (Wildman–Crippen LogP) is 3.18. The van der Waals surface area contributed by atoms with E-state index in [0.29, 0.717) is 12.0 Å². The van der Waals surface area contributed by atoms with E-state index in [0.717, 1.165) is 23.8 Å². The molecule has 0 saturated heterocycles. The van der Waals surface area contributed by atoms with Gasteiger partial charge in [-0.1, -0.05) is 19.1 Å². The molecule has 82 valence electrons. The van der Waals surface area contributed by atoms with Crippen LogP contribution in [0, 0.1) is 23.2 Å². The number of nitriles is 1. The molecule has 0 radical (unpaired) electrons. The largest absolute Gasteiger partial charge is 0.294 e. The summed E-state index contributed by atoms with van der Waals surface area (Å²) in [7, 11) is 0. The van der Waals surface area contributed by atoms with Crippen LogP contribution in [0.15, 0.2) is 24.3 Å². The van der Waals surface area contributed by atoms with Crippen LogP contribution in [-0.2, 0) is 0 Å². The Labute approximate surface area is 95.9 Å². The standard InChI is InChI=1S/C14H15NO/c1-10-8-13(10)6-7-14(16)12-4-2-11(9-15)3-5-12/h2-5,10,13H,6-8H2,1H3. The van der Waals surface area contributed by atoms with Gasteiger partial charge in [-0.15, -0.1) is 0 Å². The summed E-state index contributed by atoms with van der Waals surface area (Å²) in [6, 6.07) is 8.95. The lowest BCUT2D eigenvalue weighted by atomic mass is 10.0. The van der Waals surface area contributed by atoms with Crippen molar-refractivity contribution in [2.45, 2.75) is 26.2 Å². The molecule has 0 amide bonds. The van der Waals surface area contributed by atoms with Crippen molar-refractivity contribution in [2.75, 3.05) is 0 Å². The van der Waals surface area contributed by atoms with Crippen LogP contribution in [0.25, 0.3) is 0 Å². The number of nitrogens with zero attached hydrogens (tertiary/aromatic N) is 1. The Kier molecular flexibility index (Phi) is 3.05. The van der Waals surface area contributed by atoms with Crippen LogP contribution >= 0.6 is 0 Å². The highest BCUT2D eigenvalue weighted by atomic mass is 16.1. The summed E-state index contributed by atoms with van der Waals surface area (Å²) in [5.74, 6) is 1.78. The summed E-state index contributed by atoms with van der Waals surface area (Å²) in [6.07, 6.45) is 2.93. The zero-order valence-electron chi connectivity index (χ0n) is 9.44. The lowest BCUT2D eigenvalue weighted by molar-refractivity contribution is 0.0977. The van der Waals surface area contributed by atoms with Gasteiger partial charge in [0.1, 0.15) is 0 Å². The summed E-state index contributed by atoms with van der Waals surface area (Å²) in [4.78, 5) is 11.8. The second-order valence-electron chi connectivity index (χ2n) is 4.62. The van der Waals surface area contributed by atoms with Crippen molar-refractivity contribution < 1.29 is 4.79 Å². The van der Waals surface area contributed by atoms with Crippen LogP contribution in [0.2, 0.25) is 0 Å². The van der Waals surface area contributed by atoms with Crippen LogP contribution in [0.5, 0.6) is 0 Å². The van der Waals surface area contributed by atoms with Crippen LogP contribution < -0.4 is 0 Å². The molecule has 0 N–H and O–H groups in total. The van der Waals surface area contributed by atoms with Crippen molar-refractivity contribution in [2.24, 2.45) is 11.8 Å². The third-order valence-corrected chi connectivity index (χ3v) is 3.35. The molecule has 1 aliphatic carbocycles. The van der Waals surface area contributed by atoms with Gasteiger partial charge in [0.25, 0.3) is 0 Å². The number of carbonyl (C=O) groups is 1. The van der Waals surface area contributed by atoms with Crippen molar-refractivity contribution in [1.82, 2.24) is 0 Å². The van der Waals surface area contributed by atoms with Gasteiger partial charge in [-0.2, -0.15) is 5.26 Å². The maximum Gasteiger partial charge on any atom is 0.162 e. The zero-order valence-corrected chi connectivity index (χ0v) is 9.44. The molecule has 1 fully saturated rings. The molecule has 0 aromatic heterocycles. The van der Waals surface area contributed by atoms with E-state index in [1.165, 1.54) is 6.42 Å². The maximum absolute atomic E-state index is 11.8. The fraction of sp³-hybridized carbons (Fsp3) is 0.429. The molecule has 2 nitrogen and oxygen atoms in total. The highest BCUT2D eigenvalue weighted by Crippen LogP contribution is 2.41. The molecule has 1 aromatic carbocycles. The minimum atomic E-state index is 0.198. The first kappa shape index (κ1) is 10.9. The van der Waals surface area contributed by atoms with Crippen molar-refractivity contribution in [3.8, 4) is 6.07 Å². The van der Waals surface area contributed by atoms with Crippen LogP contribution in [-0.4, -0.2) is 5.78 Å². The summed E-state index contributed by atoms with van der Waals surface area (Å²) in [6.45, 7) is 2.23. The molecule has 0 heterocycles. The lowest BCUT2D eigenvalue weighted by Crippen LogP contribution is -1.99. The average molecular weight is 213 g/mol. The number of hydrogen-bond acceptors (Lipinski definition) is 2. The van der Waals surface area contributed by atoms with Crippen molar-refractivity contribution >= 4 is 5.78 Å². The van der Waals surface area contributed by atoms with Gasteiger partial charge in [-0.25, -0.2) is 0 Å². The van der Waals surface area contributed by atoms with Gasteiger partial charge in [0.15, 0.2) is 5.78 Å². The van der Waals surface area contributed by atoms with E-state index in [-0.39, 0.29) is 5.78 Å². The third kappa shape index (κ3) is 2.49. The van der Waals surface area contributed by atoms with Crippen molar-refractivity contribution in [1.29, 1.82) is 5.26 Å². The first-order valence-corrected chi connectivity index (χ1v) is 5.74. The van der Waals surface area contributed by atoms with Gasteiger partial charge < -0.3 is 0 Å². The SMILES string of the molecule is CC1CC1CCC(=O)c1ccc(C#N)cc1. The smallest absolute Gasteiger partial charge is 0.162 e. The minimum Gasteiger partial charge on any atom is -0.294 e. The highest BCUT2D eigenvalue weighted by Gasteiger charge is 2.32. The molecule has 0 bridgehead atoms. The molecule has 2 heteroatoms. The number of rotatable bonds is 4. The van der Waals surface area contributed by atoms with Gasteiger partial charge in [0, 0.05) is 12.0 Å². The van der Waals surface area contributed by atoms with Crippen molar-refractivity contribution in [3.63, 3.8) is 0 Å². The second-order valence-corrected chi connectivity index (χ2v) is 4.62. The third-order valence-electron chi connectivity index (χ3n) is 3.35. The summed E-state index contributed by atoms with van der Waals surface area (Å²) in [5.41, 5.74) is 1.33. The minimum absolute atomic E-state index is 0.198. The first-order valence-electron chi connectivity index (χ1n) is 5.74. The molecule has 1 saturated carbocycles. The van der Waals surface area contributed by atoms with E-state index < -0.39 is 0 Å². The Bertz CT molecular complexity index is 427. The van der Waals surface area contributed by atoms with E-state index >= 15 is 0 Å².